The van der Waals surface area contributed by atoms with Gasteiger partial charge in [-0.15, -0.1) is 5.92 Å². The zero-order valence-electron chi connectivity index (χ0n) is 41.2. The molecule has 17 heteroatoms. The summed E-state index contributed by atoms with van der Waals surface area (Å²) in [6, 6.07) is 5.39. The molecule has 1 aromatic carbocycles. The summed E-state index contributed by atoms with van der Waals surface area (Å²) in [7, 11) is 0. The van der Waals surface area contributed by atoms with E-state index >= 15 is 0 Å². The van der Waals surface area contributed by atoms with Gasteiger partial charge in [0.15, 0.2) is 5.60 Å². The van der Waals surface area contributed by atoms with Gasteiger partial charge >= 0.3 is 17.9 Å². The number of nitrogens with one attached hydrogen (secondary N) is 1. The van der Waals surface area contributed by atoms with Crippen LogP contribution in [0.5, 0.6) is 5.75 Å². The maximum Gasteiger partial charge on any atom is 0.337 e. The maximum atomic E-state index is 14.3. The number of carbonyl (C=O) groups excluding carboxylic acids is 4. The van der Waals surface area contributed by atoms with Crippen LogP contribution in [0, 0.1) is 17.8 Å². The van der Waals surface area contributed by atoms with Gasteiger partial charge in [-0.1, -0.05) is 75.7 Å². The molecule has 0 saturated carbocycles. The normalized spacial score (nSPS) is 13.0. The Morgan fingerprint density at radius 3 is 1.72 bits per heavy atom. The molecule has 0 radical (unpaired) electrons. The number of carboxylic acid groups (broad SMARTS) is 1. The van der Waals surface area contributed by atoms with Crippen LogP contribution in [0.3, 0.4) is 0 Å². The van der Waals surface area contributed by atoms with Crippen LogP contribution in [0.2, 0.25) is 0 Å². The number of aliphatic carboxylic acids is 1. The molecule has 0 aliphatic carbocycles. The molecule has 0 saturated heterocycles. The second-order valence-corrected chi connectivity index (χ2v) is 15.8. The minimum Gasteiger partial charge on any atom is -0.481 e. The zero-order valence-corrected chi connectivity index (χ0v) is 41.2. The number of rotatable bonds is 45. The number of Topliss-reactive ketones (excluding diaryl/α,β-unsaturated/α-hetero) is 1. The molecule has 0 aliphatic rings. The summed E-state index contributed by atoms with van der Waals surface area (Å²) in [6.07, 6.45) is 11.6. The van der Waals surface area contributed by atoms with Crippen LogP contribution in [-0.4, -0.2) is 151 Å². The Bertz CT molecular complexity index is 1590. The number of aliphatic hydroxyl groups is 1. The van der Waals surface area contributed by atoms with Crippen LogP contribution in [-0.2, 0) is 68.3 Å². The van der Waals surface area contributed by atoms with E-state index in [9.17, 15) is 34.2 Å². The van der Waals surface area contributed by atoms with E-state index in [4.69, 9.17) is 42.6 Å². The van der Waals surface area contributed by atoms with Crippen molar-refractivity contribution >= 4 is 29.6 Å². The number of hydrogen-bond donors (Lipinski definition) is 3. The molecule has 0 fully saturated rings. The Labute approximate surface area is 404 Å². The molecule has 68 heavy (non-hydrogen) atoms. The third kappa shape index (κ3) is 30.9. The number of carbonyl (C=O) groups is 5. The Morgan fingerprint density at radius 1 is 0.676 bits per heavy atom. The monoisotopic (exact) mass is 964 g/mol. The largest absolute Gasteiger partial charge is 0.481 e. The van der Waals surface area contributed by atoms with Gasteiger partial charge in [0.05, 0.1) is 78.4 Å². The fourth-order valence-corrected chi connectivity index (χ4v) is 6.56. The van der Waals surface area contributed by atoms with Gasteiger partial charge in [-0.2, -0.15) is 0 Å². The van der Waals surface area contributed by atoms with Crippen molar-refractivity contribution in [3.63, 3.8) is 0 Å². The van der Waals surface area contributed by atoms with Crippen LogP contribution in [0.1, 0.15) is 117 Å². The summed E-state index contributed by atoms with van der Waals surface area (Å²) in [5.41, 5.74) is -2.39. The molecule has 3 N–H and O–H groups in total. The fourth-order valence-electron chi connectivity index (χ4n) is 6.56. The predicted molar refractivity (Wildman–Crippen MR) is 255 cm³/mol. The first kappa shape index (κ1) is 61.6. The fraction of sp³-hybridized carbons (Fsp3) is 0.706. The van der Waals surface area contributed by atoms with Gasteiger partial charge in [-0.3, -0.25) is 14.4 Å². The highest BCUT2D eigenvalue weighted by molar-refractivity contribution is 5.95. The van der Waals surface area contributed by atoms with Crippen molar-refractivity contribution in [2.75, 3.05) is 99.1 Å². The molecule has 17 nitrogen and oxygen atoms in total. The number of hydrogen-bond acceptors (Lipinski definition) is 15. The lowest BCUT2D eigenvalue weighted by Gasteiger charge is -2.30. The molecule has 1 aromatic rings. The molecule has 1 amide bonds. The van der Waals surface area contributed by atoms with Crippen LogP contribution in [0.25, 0.3) is 0 Å². The average Bonchev–Trinajstić information content (AvgIpc) is 3.32. The second-order valence-electron chi connectivity index (χ2n) is 15.8. The smallest absolute Gasteiger partial charge is 0.337 e. The molecule has 3 atom stereocenters. The number of unbranched alkanes of at least 4 members (excludes halogenated alkanes) is 8. The molecule has 0 spiro atoms. The Kier molecular flexibility index (Phi) is 37.6. The van der Waals surface area contributed by atoms with E-state index in [1.807, 2.05) is 13.8 Å². The summed E-state index contributed by atoms with van der Waals surface area (Å²) in [5.74, 6) is -0.324. The van der Waals surface area contributed by atoms with E-state index in [0.29, 0.717) is 83.2 Å². The highest BCUT2D eigenvalue weighted by Crippen LogP contribution is 2.27. The summed E-state index contributed by atoms with van der Waals surface area (Å²) in [4.78, 5) is 66.2. The molecule has 0 heterocycles. The van der Waals surface area contributed by atoms with Gasteiger partial charge in [0.2, 0.25) is 5.91 Å². The maximum absolute atomic E-state index is 14.3. The highest BCUT2D eigenvalue weighted by atomic mass is 16.6. The van der Waals surface area contributed by atoms with Gasteiger partial charge in [-0.25, -0.2) is 9.59 Å². The summed E-state index contributed by atoms with van der Waals surface area (Å²) < 4.78 is 48.5. The lowest BCUT2D eigenvalue weighted by Crippen LogP contribution is -2.55. The van der Waals surface area contributed by atoms with Crippen LogP contribution < -0.4 is 10.1 Å². The molecule has 0 aromatic heterocycles. The first-order valence-corrected chi connectivity index (χ1v) is 24.4. The molecular formula is C51H81NO16. The lowest BCUT2D eigenvalue weighted by atomic mass is 9.82. The predicted octanol–water partition coefficient (Wildman–Crippen LogP) is 5.99. The topological polar surface area (TPSA) is 221 Å². The molecular weight excluding hydrogens is 883 g/mol. The number of allylic oxidation sites excluding steroid dienone is 1. The van der Waals surface area contributed by atoms with E-state index in [2.05, 4.69) is 24.1 Å². The van der Waals surface area contributed by atoms with Crippen LogP contribution >= 0.6 is 0 Å². The number of ether oxygens (including phenoxy) is 9. The van der Waals surface area contributed by atoms with Crippen LogP contribution in [0.15, 0.2) is 36.4 Å². The number of esters is 2. The van der Waals surface area contributed by atoms with Gasteiger partial charge < -0.3 is 58.2 Å². The minimum absolute atomic E-state index is 0.0277. The van der Waals surface area contributed by atoms with Crippen molar-refractivity contribution in [2.24, 2.45) is 5.92 Å². The van der Waals surface area contributed by atoms with Crippen molar-refractivity contribution in [1.82, 2.24) is 5.32 Å². The molecule has 0 unspecified atom stereocenters. The third-order valence-corrected chi connectivity index (χ3v) is 10.4. The first-order valence-electron chi connectivity index (χ1n) is 24.4. The highest BCUT2D eigenvalue weighted by Gasteiger charge is 2.49. The summed E-state index contributed by atoms with van der Waals surface area (Å²) >= 11 is 0. The van der Waals surface area contributed by atoms with E-state index in [-0.39, 0.29) is 65.1 Å². The lowest BCUT2D eigenvalue weighted by molar-refractivity contribution is -0.174. The van der Waals surface area contributed by atoms with E-state index in [1.54, 1.807) is 37.3 Å². The summed E-state index contributed by atoms with van der Waals surface area (Å²) in [5, 5.41) is 24.8. The van der Waals surface area contributed by atoms with Gasteiger partial charge in [0.25, 0.3) is 0 Å². The minimum atomic E-state index is -2.99. The SMILES string of the molecule is CC#CCOc1ccc(C[C@H](NC(=O)[C@@H](C=CCCCCCCC(=O)CCCCCCC)[C@@](O)(CC(=O)OCCOCCOCCOCC)C(=O)O)C(=O)OCCOCCOCCOCC)cc1. The standard InChI is InChI=1S/C51H81NO16/c1-5-9-11-14-17-20-43(53)21-18-15-12-13-16-19-22-45(51(59,50(57)58)41-47(54)67-38-36-64-34-32-62-30-28-60-7-3)48(55)52-46(40-42-23-25-44(26-24-42)66-27-10-6-2)49(56)68-39-37-65-35-33-63-31-29-61-8-4/h19,22-26,45-46,59H,5,7-9,11-18,20-21,27-41H2,1-4H3,(H,52,55)(H,57,58)/t45-,46+,51+/m1/s1. The number of amides is 1. The quantitative estimate of drug-likeness (QED) is 0.0296. The van der Waals surface area contributed by atoms with Gasteiger partial charge in [0, 0.05) is 32.5 Å². The van der Waals surface area contributed by atoms with E-state index < -0.39 is 47.8 Å². The Hall–Kier alpha value is -4.41. The molecule has 386 valence electrons. The van der Waals surface area contributed by atoms with Crippen molar-refractivity contribution < 1.29 is 76.8 Å². The van der Waals surface area contributed by atoms with Gasteiger partial charge in [0.1, 0.15) is 37.4 Å². The van der Waals surface area contributed by atoms with E-state index in [0.717, 1.165) is 44.9 Å². The number of benzene rings is 1. The average molecular weight is 964 g/mol. The van der Waals surface area contributed by atoms with Crippen molar-refractivity contribution in [3.8, 4) is 17.6 Å². The molecule has 0 bridgehead atoms. The Balaban J connectivity index is 3.16. The summed E-state index contributed by atoms with van der Waals surface area (Å²) in [6.45, 7) is 11.3. The van der Waals surface area contributed by atoms with Crippen molar-refractivity contribution in [1.29, 1.82) is 0 Å². The Morgan fingerprint density at radius 2 is 1.19 bits per heavy atom. The van der Waals surface area contributed by atoms with Gasteiger partial charge in [-0.05, 0) is 64.2 Å². The number of ketones is 1. The zero-order chi connectivity index (χ0) is 49.9. The third-order valence-electron chi connectivity index (χ3n) is 10.4. The molecule has 0 aliphatic heterocycles. The first-order chi connectivity index (χ1) is 33.0. The van der Waals surface area contributed by atoms with Crippen molar-refractivity contribution in [3.05, 3.63) is 42.0 Å². The van der Waals surface area contributed by atoms with E-state index in [1.165, 1.54) is 12.5 Å². The van der Waals surface area contributed by atoms with Crippen LogP contribution in [0.4, 0.5) is 0 Å². The number of carboxylic acids is 1. The molecule has 1 rings (SSSR count). The second kappa shape index (κ2) is 41.6. The van der Waals surface area contributed by atoms with Crippen molar-refractivity contribution in [2.45, 2.75) is 129 Å².